The van der Waals surface area contributed by atoms with E-state index in [1.807, 2.05) is 0 Å². The summed E-state index contributed by atoms with van der Waals surface area (Å²) in [6.45, 7) is 4.18. The SMILES string of the molecule is CC(C)CC(CC1CCC2(CCCCC2)O1)C(=O)O. The first kappa shape index (κ1) is 14.8. The Labute approximate surface area is 116 Å². The van der Waals surface area contributed by atoms with Crippen LogP contribution in [0.4, 0.5) is 0 Å². The Kier molecular flexibility index (Phi) is 4.88. The normalized spacial score (nSPS) is 27.8. The number of ether oxygens (including phenoxy) is 1. The van der Waals surface area contributed by atoms with Crippen molar-refractivity contribution in [1.29, 1.82) is 0 Å². The number of carboxylic acid groups (broad SMARTS) is 1. The van der Waals surface area contributed by atoms with Gasteiger partial charge < -0.3 is 9.84 Å². The highest BCUT2D eigenvalue weighted by Gasteiger charge is 2.41. The molecule has 0 amide bonds. The lowest BCUT2D eigenvalue weighted by molar-refractivity contribution is -0.145. The number of aliphatic carboxylic acids is 1. The van der Waals surface area contributed by atoms with Crippen LogP contribution in [-0.4, -0.2) is 22.8 Å². The van der Waals surface area contributed by atoms with Gasteiger partial charge in [0.2, 0.25) is 0 Å². The molecule has 0 aromatic carbocycles. The Morgan fingerprint density at radius 2 is 1.95 bits per heavy atom. The van der Waals surface area contributed by atoms with Crippen LogP contribution < -0.4 is 0 Å². The smallest absolute Gasteiger partial charge is 0.306 e. The highest BCUT2D eigenvalue weighted by molar-refractivity contribution is 5.70. The predicted octanol–water partition coefficient (Wildman–Crippen LogP) is 4.01. The molecule has 2 rings (SSSR count). The van der Waals surface area contributed by atoms with Crippen LogP contribution >= 0.6 is 0 Å². The fraction of sp³-hybridized carbons (Fsp3) is 0.938. The maximum atomic E-state index is 11.3. The van der Waals surface area contributed by atoms with Crippen LogP contribution in [0.5, 0.6) is 0 Å². The molecule has 2 fully saturated rings. The minimum absolute atomic E-state index is 0.115. The molecular weight excluding hydrogens is 240 g/mol. The maximum absolute atomic E-state index is 11.3. The monoisotopic (exact) mass is 268 g/mol. The molecule has 0 aromatic rings. The van der Waals surface area contributed by atoms with Crippen LogP contribution in [0.1, 0.15) is 71.6 Å². The van der Waals surface area contributed by atoms with Crippen LogP contribution in [0.3, 0.4) is 0 Å². The molecule has 3 nitrogen and oxygen atoms in total. The second-order valence-corrected chi connectivity index (χ2v) is 6.92. The van der Waals surface area contributed by atoms with Gasteiger partial charge in [-0.15, -0.1) is 0 Å². The van der Waals surface area contributed by atoms with Crippen molar-refractivity contribution in [2.24, 2.45) is 11.8 Å². The van der Waals surface area contributed by atoms with E-state index in [0.717, 1.165) is 19.3 Å². The zero-order chi connectivity index (χ0) is 13.9. The predicted molar refractivity (Wildman–Crippen MR) is 75.1 cm³/mol. The van der Waals surface area contributed by atoms with Crippen molar-refractivity contribution in [3.8, 4) is 0 Å². The van der Waals surface area contributed by atoms with E-state index < -0.39 is 5.97 Å². The van der Waals surface area contributed by atoms with Crippen LogP contribution in [0.15, 0.2) is 0 Å². The van der Waals surface area contributed by atoms with Gasteiger partial charge in [0.25, 0.3) is 0 Å². The van der Waals surface area contributed by atoms with Crippen molar-refractivity contribution >= 4 is 5.97 Å². The molecule has 1 saturated heterocycles. The molecule has 1 aliphatic carbocycles. The summed E-state index contributed by atoms with van der Waals surface area (Å²) in [7, 11) is 0. The summed E-state index contributed by atoms with van der Waals surface area (Å²) in [6.07, 6.45) is 10.1. The third kappa shape index (κ3) is 3.95. The summed E-state index contributed by atoms with van der Waals surface area (Å²) >= 11 is 0. The molecule has 2 unspecified atom stereocenters. The lowest BCUT2D eigenvalue weighted by Gasteiger charge is -2.33. The van der Waals surface area contributed by atoms with Crippen LogP contribution in [0.25, 0.3) is 0 Å². The number of carbonyl (C=O) groups is 1. The third-order valence-corrected chi connectivity index (χ3v) is 4.76. The van der Waals surface area contributed by atoms with E-state index in [-0.39, 0.29) is 17.6 Å². The van der Waals surface area contributed by atoms with Gasteiger partial charge in [-0.05, 0) is 44.4 Å². The van der Waals surface area contributed by atoms with Gasteiger partial charge in [-0.1, -0.05) is 33.1 Å². The largest absolute Gasteiger partial charge is 0.481 e. The van der Waals surface area contributed by atoms with Crippen molar-refractivity contribution in [1.82, 2.24) is 0 Å². The Morgan fingerprint density at radius 3 is 2.53 bits per heavy atom. The average molecular weight is 268 g/mol. The highest BCUT2D eigenvalue weighted by Crippen LogP contribution is 2.43. The zero-order valence-electron chi connectivity index (χ0n) is 12.4. The molecule has 1 aliphatic heterocycles. The van der Waals surface area contributed by atoms with Gasteiger partial charge in [0.15, 0.2) is 0 Å². The van der Waals surface area contributed by atoms with E-state index in [1.165, 1.54) is 32.1 Å². The molecule has 1 spiro atoms. The molecule has 3 heteroatoms. The van der Waals surface area contributed by atoms with Crippen molar-refractivity contribution in [3.05, 3.63) is 0 Å². The molecule has 1 N–H and O–H groups in total. The second kappa shape index (κ2) is 6.25. The van der Waals surface area contributed by atoms with Crippen molar-refractivity contribution in [3.63, 3.8) is 0 Å². The molecular formula is C16H28O3. The number of rotatable bonds is 5. The minimum atomic E-state index is -0.651. The summed E-state index contributed by atoms with van der Waals surface area (Å²) < 4.78 is 6.29. The van der Waals surface area contributed by atoms with Gasteiger partial charge in [0.1, 0.15) is 0 Å². The molecule has 1 heterocycles. The molecule has 2 atom stereocenters. The van der Waals surface area contributed by atoms with Crippen LogP contribution in [-0.2, 0) is 9.53 Å². The fourth-order valence-corrected chi connectivity index (χ4v) is 3.81. The first-order valence-electron chi connectivity index (χ1n) is 7.91. The van der Waals surface area contributed by atoms with Crippen molar-refractivity contribution in [2.75, 3.05) is 0 Å². The lowest BCUT2D eigenvalue weighted by Crippen LogP contribution is -2.32. The number of hydrogen-bond donors (Lipinski definition) is 1. The van der Waals surface area contributed by atoms with E-state index in [1.54, 1.807) is 0 Å². The summed E-state index contributed by atoms with van der Waals surface area (Å²) in [4.78, 5) is 11.3. The van der Waals surface area contributed by atoms with Gasteiger partial charge in [-0.25, -0.2) is 0 Å². The molecule has 110 valence electrons. The molecule has 0 radical (unpaired) electrons. The fourth-order valence-electron chi connectivity index (χ4n) is 3.81. The summed E-state index contributed by atoms with van der Waals surface area (Å²) in [6, 6.07) is 0. The van der Waals surface area contributed by atoms with Gasteiger partial charge in [0, 0.05) is 0 Å². The Balaban J connectivity index is 1.87. The third-order valence-electron chi connectivity index (χ3n) is 4.76. The van der Waals surface area contributed by atoms with Gasteiger partial charge in [-0.3, -0.25) is 4.79 Å². The van der Waals surface area contributed by atoms with Crippen LogP contribution in [0, 0.1) is 11.8 Å². The molecule has 0 bridgehead atoms. The number of carboxylic acids is 1. The summed E-state index contributed by atoms with van der Waals surface area (Å²) in [5.41, 5.74) is 0.115. The summed E-state index contributed by atoms with van der Waals surface area (Å²) in [5.74, 6) is -0.447. The van der Waals surface area contributed by atoms with Crippen LogP contribution in [0.2, 0.25) is 0 Å². The maximum Gasteiger partial charge on any atom is 0.306 e. The van der Waals surface area contributed by atoms with Gasteiger partial charge >= 0.3 is 5.97 Å². The van der Waals surface area contributed by atoms with E-state index in [0.29, 0.717) is 12.3 Å². The first-order chi connectivity index (χ1) is 9.01. The lowest BCUT2D eigenvalue weighted by atomic mass is 9.83. The molecule has 0 aromatic heterocycles. The van der Waals surface area contributed by atoms with Crippen molar-refractivity contribution in [2.45, 2.75) is 83.3 Å². The Morgan fingerprint density at radius 1 is 1.26 bits per heavy atom. The number of hydrogen-bond acceptors (Lipinski definition) is 2. The quantitative estimate of drug-likeness (QED) is 0.819. The Hall–Kier alpha value is -0.570. The topological polar surface area (TPSA) is 46.5 Å². The van der Waals surface area contributed by atoms with E-state index in [2.05, 4.69) is 13.8 Å². The van der Waals surface area contributed by atoms with E-state index in [4.69, 9.17) is 4.74 Å². The first-order valence-corrected chi connectivity index (χ1v) is 7.91. The molecule has 19 heavy (non-hydrogen) atoms. The highest BCUT2D eigenvalue weighted by atomic mass is 16.5. The van der Waals surface area contributed by atoms with E-state index >= 15 is 0 Å². The standard InChI is InChI=1S/C16H28O3/c1-12(2)10-13(15(17)18)11-14-6-9-16(19-14)7-4-3-5-8-16/h12-14H,3-11H2,1-2H3,(H,17,18). The van der Waals surface area contributed by atoms with Gasteiger partial charge in [-0.2, -0.15) is 0 Å². The van der Waals surface area contributed by atoms with E-state index in [9.17, 15) is 9.90 Å². The molecule has 1 saturated carbocycles. The second-order valence-electron chi connectivity index (χ2n) is 6.92. The Bertz CT molecular complexity index is 305. The zero-order valence-corrected chi connectivity index (χ0v) is 12.4. The molecule has 2 aliphatic rings. The van der Waals surface area contributed by atoms with Crippen molar-refractivity contribution < 1.29 is 14.6 Å². The average Bonchev–Trinajstić information content (AvgIpc) is 2.71. The van der Waals surface area contributed by atoms with Gasteiger partial charge in [0.05, 0.1) is 17.6 Å². The minimum Gasteiger partial charge on any atom is -0.481 e. The summed E-state index contributed by atoms with van der Waals surface area (Å²) in [5, 5.41) is 9.33.